The largest absolute Gasteiger partial charge is 0.471 e. The zero-order valence-corrected chi connectivity index (χ0v) is 26.8. The summed E-state index contributed by atoms with van der Waals surface area (Å²) < 4.78 is 15.7. The highest BCUT2D eigenvalue weighted by molar-refractivity contribution is 9.11. The third-order valence-electron chi connectivity index (χ3n) is 6.38. The summed E-state index contributed by atoms with van der Waals surface area (Å²) in [5.74, 6) is 1.67. The molecule has 4 N–H and O–H groups in total. The van der Waals surface area contributed by atoms with Crippen molar-refractivity contribution in [3.05, 3.63) is 53.3 Å². The van der Waals surface area contributed by atoms with Gasteiger partial charge >= 0.3 is 0 Å². The summed E-state index contributed by atoms with van der Waals surface area (Å²) in [5, 5.41) is 0. The van der Waals surface area contributed by atoms with Crippen LogP contribution in [0.25, 0.3) is 0 Å². The highest BCUT2D eigenvalue weighted by Gasteiger charge is 2.32. The van der Waals surface area contributed by atoms with Gasteiger partial charge in [0.2, 0.25) is 0 Å². The summed E-state index contributed by atoms with van der Waals surface area (Å²) in [7, 11) is 0. The van der Waals surface area contributed by atoms with Crippen molar-refractivity contribution in [3.63, 3.8) is 0 Å². The van der Waals surface area contributed by atoms with E-state index in [-0.39, 0.29) is 17.3 Å². The Balaban J connectivity index is 2.48. The van der Waals surface area contributed by atoms with E-state index in [1.807, 2.05) is 41.5 Å². The topological polar surface area (TPSA) is 70.5 Å². The van der Waals surface area contributed by atoms with Gasteiger partial charge in [-0.2, -0.15) is 0 Å². The molecule has 8 heteroatoms. The van der Waals surface area contributed by atoms with Gasteiger partial charge in [-0.25, -0.2) is 0 Å². The Morgan fingerprint density at radius 3 is 1.06 bits per heavy atom. The molecule has 0 spiro atoms. The minimum Gasteiger partial charge on any atom is -0.471 e. The van der Waals surface area contributed by atoms with Crippen molar-refractivity contribution in [3.8, 4) is 11.5 Å². The molecule has 0 heterocycles. The Labute approximate surface area is 232 Å². The Kier molecular flexibility index (Phi) is 9.24. The van der Waals surface area contributed by atoms with Crippen LogP contribution in [0.1, 0.15) is 66.5 Å². The normalized spacial score (nSPS) is 16.0. The summed E-state index contributed by atoms with van der Waals surface area (Å²) in [6.45, 7) is 16.3. The number of ether oxygens (including phenoxy) is 2. The van der Waals surface area contributed by atoms with Crippen LogP contribution in [-0.4, -0.2) is 11.4 Å². The van der Waals surface area contributed by atoms with Crippen LogP contribution in [0.2, 0.25) is 0 Å². The molecule has 33 heavy (non-hydrogen) atoms. The van der Waals surface area contributed by atoms with Crippen LogP contribution in [0.5, 0.6) is 11.5 Å². The maximum absolute atomic E-state index is 6.36. The van der Waals surface area contributed by atoms with Crippen LogP contribution in [-0.2, 0) is 5.41 Å². The molecule has 0 bridgehead atoms. The van der Waals surface area contributed by atoms with E-state index in [1.165, 1.54) is 0 Å². The Hall–Kier alpha value is -0.120. The van der Waals surface area contributed by atoms with Gasteiger partial charge < -0.3 is 9.47 Å². The SMILES string of the molecule is CC(C)C(C)(N)Oc1c(Br)cc(C(C)(C)c2cc(Br)c(OC(C)(N)C(C)C)c(Br)c2)cc1Br. The van der Waals surface area contributed by atoms with Gasteiger partial charge in [0, 0.05) is 17.3 Å². The van der Waals surface area contributed by atoms with E-state index in [4.69, 9.17) is 20.9 Å². The van der Waals surface area contributed by atoms with Gasteiger partial charge in [-0.05, 0) is 113 Å². The molecule has 0 aliphatic carbocycles. The van der Waals surface area contributed by atoms with Crippen molar-refractivity contribution in [2.45, 2.75) is 72.3 Å². The van der Waals surface area contributed by atoms with E-state index in [0.717, 1.165) is 29.0 Å². The molecule has 4 nitrogen and oxygen atoms in total. The van der Waals surface area contributed by atoms with Gasteiger partial charge in [-0.3, -0.25) is 11.5 Å². The van der Waals surface area contributed by atoms with Crippen LogP contribution in [0.4, 0.5) is 0 Å². The maximum Gasteiger partial charge on any atom is 0.158 e. The van der Waals surface area contributed by atoms with Crippen LogP contribution in [0, 0.1) is 11.8 Å². The monoisotopic (exact) mass is 710 g/mol. The zero-order chi connectivity index (χ0) is 25.5. The van der Waals surface area contributed by atoms with Crippen LogP contribution >= 0.6 is 63.7 Å². The molecular formula is C25H34Br4N2O2. The van der Waals surface area contributed by atoms with Crippen molar-refractivity contribution >= 4 is 63.7 Å². The molecule has 0 radical (unpaired) electrons. The van der Waals surface area contributed by atoms with Crippen LogP contribution in [0.3, 0.4) is 0 Å². The van der Waals surface area contributed by atoms with E-state index in [9.17, 15) is 0 Å². The molecule has 2 aromatic rings. The van der Waals surface area contributed by atoms with Crippen LogP contribution < -0.4 is 20.9 Å². The molecule has 2 atom stereocenters. The van der Waals surface area contributed by atoms with Gasteiger partial charge in [-0.15, -0.1) is 0 Å². The Morgan fingerprint density at radius 2 is 0.848 bits per heavy atom. The highest BCUT2D eigenvalue weighted by Crippen LogP contribution is 2.45. The number of benzene rings is 2. The standard InChI is InChI=1S/C25H34Br4N2O2/c1-13(2)24(7,30)32-21-17(26)9-15(10-18(21)27)23(5,6)16-11-19(28)22(20(29)12-16)33-25(8,31)14(3)4/h9-14H,30-31H2,1-8H3. The lowest BCUT2D eigenvalue weighted by molar-refractivity contribution is 0.0454. The lowest BCUT2D eigenvalue weighted by Gasteiger charge is -2.33. The van der Waals surface area contributed by atoms with Gasteiger partial charge in [0.15, 0.2) is 11.4 Å². The molecule has 0 aliphatic rings. The number of nitrogens with two attached hydrogens (primary N) is 2. The Morgan fingerprint density at radius 1 is 0.606 bits per heavy atom. The molecule has 0 saturated heterocycles. The van der Waals surface area contributed by atoms with Gasteiger partial charge in [0.25, 0.3) is 0 Å². The zero-order valence-electron chi connectivity index (χ0n) is 20.4. The fraction of sp³-hybridized carbons (Fsp3) is 0.520. The van der Waals surface area contributed by atoms with Crippen molar-refractivity contribution in [1.29, 1.82) is 0 Å². The second kappa shape index (κ2) is 10.5. The Bertz CT molecular complexity index is 892. The average molecular weight is 714 g/mol. The van der Waals surface area contributed by atoms with E-state index < -0.39 is 11.4 Å². The first-order chi connectivity index (χ1) is 14.9. The molecule has 0 aromatic heterocycles. The second-order valence-corrected chi connectivity index (χ2v) is 13.5. The molecule has 2 aromatic carbocycles. The van der Waals surface area contributed by atoms with E-state index >= 15 is 0 Å². The lowest BCUT2D eigenvalue weighted by atomic mass is 9.78. The fourth-order valence-electron chi connectivity index (χ4n) is 2.88. The summed E-state index contributed by atoms with van der Waals surface area (Å²) in [4.78, 5) is 0. The highest BCUT2D eigenvalue weighted by atomic mass is 79.9. The van der Waals surface area contributed by atoms with Crippen LogP contribution in [0.15, 0.2) is 42.2 Å². The van der Waals surface area contributed by atoms with E-state index in [0.29, 0.717) is 11.5 Å². The summed E-state index contributed by atoms with van der Waals surface area (Å²) in [5.41, 5.74) is 13.0. The van der Waals surface area contributed by atoms with Gasteiger partial charge in [0.05, 0.1) is 17.9 Å². The van der Waals surface area contributed by atoms with Crippen molar-refractivity contribution in [2.24, 2.45) is 23.3 Å². The van der Waals surface area contributed by atoms with Crippen molar-refractivity contribution in [1.82, 2.24) is 0 Å². The lowest BCUT2D eigenvalue weighted by Crippen LogP contribution is -2.47. The molecule has 184 valence electrons. The summed E-state index contributed by atoms with van der Waals surface area (Å²) in [6.07, 6.45) is 0. The first-order valence-corrected chi connectivity index (χ1v) is 14.0. The number of rotatable bonds is 8. The molecule has 0 saturated carbocycles. The first-order valence-electron chi connectivity index (χ1n) is 10.8. The van der Waals surface area contributed by atoms with Gasteiger partial charge in [-0.1, -0.05) is 41.5 Å². The summed E-state index contributed by atoms with van der Waals surface area (Å²) in [6, 6.07) is 8.33. The molecular weight excluding hydrogens is 680 g/mol. The number of hydrogen-bond donors (Lipinski definition) is 2. The van der Waals surface area contributed by atoms with Gasteiger partial charge in [0.1, 0.15) is 11.5 Å². The maximum atomic E-state index is 6.36. The first kappa shape index (κ1) is 29.1. The number of halogens is 4. The third kappa shape index (κ3) is 6.56. The smallest absolute Gasteiger partial charge is 0.158 e. The molecule has 0 amide bonds. The average Bonchev–Trinajstić information content (AvgIpc) is 2.66. The summed E-state index contributed by atoms with van der Waals surface area (Å²) >= 11 is 14.8. The molecule has 2 rings (SSSR count). The minimum atomic E-state index is -0.791. The van der Waals surface area contributed by atoms with Crippen molar-refractivity contribution < 1.29 is 9.47 Å². The minimum absolute atomic E-state index is 0.147. The predicted octanol–water partition coefficient (Wildman–Crippen LogP) is 8.48. The molecule has 0 fully saturated rings. The molecule has 0 aliphatic heterocycles. The fourth-order valence-corrected chi connectivity index (χ4v) is 5.58. The quantitative estimate of drug-likeness (QED) is 0.270. The van der Waals surface area contributed by atoms with Crippen molar-refractivity contribution in [2.75, 3.05) is 0 Å². The third-order valence-corrected chi connectivity index (χ3v) is 8.73. The van der Waals surface area contributed by atoms with E-state index in [1.54, 1.807) is 0 Å². The molecule has 2 unspecified atom stereocenters. The van der Waals surface area contributed by atoms with E-state index in [2.05, 4.69) is 102 Å². The second-order valence-electron chi connectivity index (χ2n) is 10.0. The number of hydrogen-bond acceptors (Lipinski definition) is 4. The predicted molar refractivity (Wildman–Crippen MR) is 152 cm³/mol.